The van der Waals surface area contributed by atoms with Crippen LogP contribution in [0.15, 0.2) is 0 Å². The average molecular weight is 274 g/mol. The second-order valence-corrected chi connectivity index (χ2v) is 5.34. The summed E-state index contributed by atoms with van der Waals surface area (Å²) in [4.78, 5) is 11.4. The molecule has 2 N–H and O–H groups in total. The van der Waals surface area contributed by atoms with E-state index in [4.69, 9.17) is 14.2 Å². The molecule has 0 aromatic heterocycles. The van der Waals surface area contributed by atoms with E-state index in [1.54, 1.807) is 7.11 Å². The number of rotatable bonds is 8. The fraction of sp³-hybridized carbons (Fsp3) is 0.923. The van der Waals surface area contributed by atoms with Gasteiger partial charge in [0.2, 0.25) is 5.91 Å². The van der Waals surface area contributed by atoms with Gasteiger partial charge in [-0.25, -0.2) is 0 Å². The van der Waals surface area contributed by atoms with Crippen molar-refractivity contribution in [2.75, 3.05) is 46.6 Å². The van der Waals surface area contributed by atoms with Crippen molar-refractivity contribution >= 4 is 5.91 Å². The van der Waals surface area contributed by atoms with Crippen LogP contribution in [0.3, 0.4) is 0 Å². The van der Waals surface area contributed by atoms with Crippen molar-refractivity contribution in [3.05, 3.63) is 0 Å². The van der Waals surface area contributed by atoms with Crippen molar-refractivity contribution in [1.82, 2.24) is 10.6 Å². The zero-order valence-electron chi connectivity index (χ0n) is 12.2. The molecule has 0 spiro atoms. The Balaban J connectivity index is 2.04. The fourth-order valence-corrected chi connectivity index (χ4v) is 1.94. The topological polar surface area (TPSA) is 68.8 Å². The van der Waals surface area contributed by atoms with Gasteiger partial charge in [-0.3, -0.25) is 4.79 Å². The van der Waals surface area contributed by atoms with Crippen LogP contribution in [0.4, 0.5) is 0 Å². The number of hydrogen-bond donors (Lipinski definition) is 2. The highest BCUT2D eigenvalue weighted by atomic mass is 16.5. The van der Waals surface area contributed by atoms with Crippen molar-refractivity contribution in [3.8, 4) is 0 Å². The van der Waals surface area contributed by atoms with Crippen molar-refractivity contribution in [2.24, 2.45) is 0 Å². The first kappa shape index (κ1) is 16.4. The van der Waals surface area contributed by atoms with Crippen molar-refractivity contribution in [1.29, 1.82) is 0 Å². The number of methoxy groups -OCH3 is 1. The third kappa shape index (κ3) is 7.47. The van der Waals surface area contributed by atoms with Crippen LogP contribution < -0.4 is 10.6 Å². The lowest BCUT2D eigenvalue weighted by atomic mass is 10.1. The van der Waals surface area contributed by atoms with Gasteiger partial charge in [-0.15, -0.1) is 0 Å². The van der Waals surface area contributed by atoms with Gasteiger partial charge in [0.05, 0.1) is 18.3 Å². The molecule has 1 heterocycles. The number of amides is 1. The number of carbonyl (C=O) groups excluding carboxylic acids is 1. The van der Waals surface area contributed by atoms with Crippen molar-refractivity contribution in [2.45, 2.75) is 32.0 Å². The highest BCUT2D eigenvalue weighted by molar-refractivity contribution is 5.77. The molecule has 0 bridgehead atoms. The van der Waals surface area contributed by atoms with Gasteiger partial charge in [0, 0.05) is 33.4 Å². The molecule has 112 valence electrons. The number of carbonyl (C=O) groups is 1. The van der Waals surface area contributed by atoms with Gasteiger partial charge >= 0.3 is 0 Å². The SMILES string of the molecule is COCCCNC(=O)COCC1CNCC(C)(C)O1. The quantitative estimate of drug-likeness (QED) is 0.606. The fourth-order valence-electron chi connectivity index (χ4n) is 1.94. The minimum Gasteiger partial charge on any atom is -0.385 e. The molecule has 0 aliphatic carbocycles. The molecule has 19 heavy (non-hydrogen) atoms. The van der Waals surface area contributed by atoms with Crippen LogP contribution in [0.1, 0.15) is 20.3 Å². The molecular weight excluding hydrogens is 248 g/mol. The maximum absolute atomic E-state index is 11.4. The molecule has 1 saturated heterocycles. The summed E-state index contributed by atoms with van der Waals surface area (Å²) in [5.74, 6) is -0.0980. The summed E-state index contributed by atoms with van der Waals surface area (Å²) < 4.78 is 16.1. The lowest BCUT2D eigenvalue weighted by Gasteiger charge is -2.36. The first-order valence-corrected chi connectivity index (χ1v) is 6.75. The van der Waals surface area contributed by atoms with Gasteiger partial charge < -0.3 is 24.8 Å². The molecule has 0 aromatic carbocycles. The van der Waals surface area contributed by atoms with E-state index in [1.165, 1.54) is 0 Å². The molecule has 6 nitrogen and oxygen atoms in total. The van der Waals surface area contributed by atoms with E-state index in [-0.39, 0.29) is 24.2 Å². The van der Waals surface area contributed by atoms with Crippen LogP contribution in [0.2, 0.25) is 0 Å². The van der Waals surface area contributed by atoms with E-state index in [9.17, 15) is 4.79 Å². The molecule has 0 radical (unpaired) electrons. The number of ether oxygens (including phenoxy) is 3. The Morgan fingerprint density at radius 1 is 1.53 bits per heavy atom. The smallest absolute Gasteiger partial charge is 0.246 e. The predicted molar refractivity (Wildman–Crippen MR) is 72.1 cm³/mol. The zero-order valence-corrected chi connectivity index (χ0v) is 12.2. The summed E-state index contributed by atoms with van der Waals surface area (Å²) in [6.45, 7) is 7.45. The number of morpholine rings is 1. The van der Waals surface area contributed by atoms with Crippen molar-refractivity contribution in [3.63, 3.8) is 0 Å². The van der Waals surface area contributed by atoms with Crippen LogP contribution in [0.25, 0.3) is 0 Å². The van der Waals surface area contributed by atoms with Gasteiger partial charge in [0.25, 0.3) is 0 Å². The Hall–Kier alpha value is -0.690. The third-order valence-electron chi connectivity index (χ3n) is 2.79. The van der Waals surface area contributed by atoms with Crippen molar-refractivity contribution < 1.29 is 19.0 Å². The molecular formula is C13H26N2O4. The zero-order chi connectivity index (χ0) is 14.1. The molecule has 1 fully saturated rings. The summed E-state index contributed by atoms with van der Waals surface area (Å²) in [5.41, 5.74) is -0.172. The minimum absolute atomic E-state index is 0.00467. The molecule has 1 atom stereocenters. The summed E-state index contributed by atoms with van der Waals surface area (Å²) in [7, 11) is 1.64. The molecule has 0 saturated carbocycles. The molecule has 0 aromatic rings. The standard InChI is InChI=1S/C13H26N2O4/c1-13(2)10-14-7-11(19-13)8-18-9-12(16)15-5-4-6-17-3/h11,14H,4-10H2,1-3H3,(H,15,16). The monoisotopic (exact) mass is 274 g/mol. The summed E-state index contributed by atoms with van der Waals surface area (Å²) in [6.07, 6.45) is 0.816. The van der Waals surface area contributed by atoms with E-state index in [2.05, 4.69) is 10.6 Å². The van der Waals surface area contributed by atoms with Crippen LogP contribution in [0.5, 0.6) is 0 Å². The maximum Gasteiger partial charge on any atom is 0.246 e. The summed E-state index contributed by atoms with van der Waals surface area (Å²) >= 11 is 0. The molecule has 1 aliphatic rings. The Kier molecular flexibility index (Phi) is 7.30. The van der Waals surface area contributed by atoms with Gasteiger partial charge in [0.1, 0.15) is 6.61 Å². The lowest BCUT2D eigenvalue weighted by Crippen LogP contribution is -2.52. The average Bonchev–Trinajstić information content (AvgIpc) is 2.33. The van der Waals surface area contributed by atoms with Gasteiger partial charge in [-0.05, 0) is 20.3 Å². The minimum atomic E-state index is -0.172. The lowest BCUT2D eigenvalue weighted by molar-refractivity contribution is -0.135. The molecule has 1 rings (SSSR count). The Morgan fingerprint density at radius 3 is 3.00 bits per heavy atom. The first-order chi connectivity index (χ1) is 9.03. The van der Waals surface area contributed by atoms with E-state index in [1.807, 2.05) is 13.8 Å². The molecule has 6 heteroatoms. The largest absolute Gasteiger partial charge is 0.385 e. The summed E-state index contributed by atoms with van der Waals surface area (Å²) in [5, 5.41) is 6.06. The summed E-state index contributed by atoms with van der Waals surface area (Å²) in [6, 6.07) is 0. The van der Waals surface area contributed by atoms with E-state index < -0.39 is 0 Å². The van der Waals surface area contributed by atoms with Gasteiger partial charge in [-0.2, -0.15) is 0 Å². The van der Waals surface area contributed by atoms with E-state index in [0.717, 1.165) is 19.5 Å². The highest BCUT2D eigenvalue weighted by Crippen LogP contribution is 2.15. The predicted octanol–water partition coefficient (Wildman–Crippen LogP) is -0.0773. The van der Waals surface area contributed by atoms with Gasteiger partial charge in [-0.1, -0.05) is 0 Å². The van der Waals surface area contributed by atoms with Crippen LogP contribution in [-0.4, -0.2) is 64.2 Å². The molecule has 1 aliphatic heterocycles. The Bertz CT molecular complexity index is 271. The van der Waals surface area contributed by atoms with E-state index in [0.29, 0.717) is 19.8 Å². The molecule has 1 amide bonds. The first-order valence-electron chi connectivity index (χ1n) is 6.75. The van der Waals surface area contributed by atoms with Crippen LogP contribution in [-0.2, 0) is 19.0 Å². The van der Waals surface area contributed by atoms with Crippen LogP contribution in [0, 0.1) is 0 Å². The normalized spacial score (nSPS) is 22.2. The molecule has 1 unspecified atom stereocenters. The highest BCUT2D eigenvalue weighted by Gasteiger charge is 2.28. The Labute approximate surface area is 115 Å². The third-order valence-corrected chi connectivity index (χ3v) is 2.79. The maximum atomic E-state index is 11.4. The van der Waals surface area contributed by atoms with E-state index >= 15 is 0 Å². The second-order valence-electron chi connectivity index (χ2n) is 5.34. The van der Waals surface area contributed by atoms with Crippen LogP contribution >= 0.6 is 0 Å². The van der Waals surface area contributed by atoms with Gasteiger partial charge in [0.15, 0.2) is 0 Å². The Morgan fingerprint density at radius 2 is 2.32 bits per heavy atom. The number of hydrogen-bond acceptors (Lipinski definition) is 5. The number of nitrogens with one attached hydrogen (secondary N) is 2. The second kappa shape index (κ2) is 8.47.